The highest BCUT2D eigenvalue weighted by Crippen LogP contribution is 2.62. The molecule has 4 saturated carbocycles. The maximum atomic E-state index is 7.30. The fourth-order valence-electron chi connectivity index (χ4n) is 12.4. The Morgan fingerprint density at radius 2 is 1.02 bits per heavy atom. The number of oxazole rings is 1. The minimum Gasteiger partial charge on any atom is -0.424 e. The van der Waals surface area contributed by atoms with Gasteiger partial charge in [0.15, 0.2) is 0 Å². The number of benzene rings is 4. The molecule has 0 saturated heterocycles. The Balaban J connectivity index is 1.33. The van der Waals surface area contributed by atoms with Crippen LogP contribution in [0.3, 0.4) is 0 Å². The van der Waals surface area contributed by atoms with Crippen molar-refractivity contribution >= 4 is 57.6 Å². The van der Waals surface area contributed by atoms with E-state index in [1.165, 1.54) is 106 Å². The molecule has 5 heteroatoms. The van der Waals surface area contributed by atoms with E-state index in [-0.39, 0.29) is 39.2 Å². The van der Waals surface area contributed by atoms with Gasteiger partial charge in [-0.2, -0.15) is 0 Å². The molecule has 4 aliphatic carbocycles. The molecular weight excluding hydrogens is 753 g/mol. The lowest BCUT2D eigenvalue weighted by molar-refractivity contribution is -0.00514. The van der Waals surface area contributed by atoms with E-state index >= 15 is 0 Å². The number of aromatic nitrogens is 1. The maximum absolute atomic E-state index is 7.30. The average molecular weight is 826 g/mol. The van der Waals surface area contributed by atoms with Crippen LogP contribution in [0.25, 0.3) is 0 Å². The van der Waals surface area contributed by atoms with Gasteiger partial charge in [-0.25, -0.2) is 4.98 Å². The molecule has 0 spiro atoms. The van der Waals surface area contributed by atoms with Crippen molar-refractivity contribution in [3.05, 3.63) is 107 Å². The highest BCUT2D eigenvalue weighted by Gasteiger charge is 2.54. The Kier molecular flexibility index (Phi) is 9.02. The second-order valence-electron chi connectivity index (χ2n) is 25.8. The first-order chi connectivity index (χ1) is 28.8. The molecule has 324 valence electrons. The van der Waals surface area contributed by atoms with Gasteiger partial charge in [0, 0.05) is 33.9 Å². The van der Waals surface area contributed by atoms with E-state index in [9.17, 15) is 0 Å². The third kappa shape index (κ3) is 6.72. The number of hydrogen-bond donors (Lipinski definition) is 0. The molecule has 0 unspecified atom stereocenters. The van der Waals surface area contributed by atoms with E-state index in [0.29, 0.717) is 0 Å². The number of rotatable bonds is 3. The van der Waals surface area contributed by atoms with Gasteiger partial charge in [-0.15, -0.1) is 0 Å². The van der Waals surface area contributed by atoms with Gasteiger partial charge in [0.05, 0.1) is 5.59 Å². The van der Waals surface area contributed by atoms with Crippen molar-refractivity contribution in [2.24, 2.45) is 17.8 Å². The van der Waals surface area contributed by atoms with Gasteiger partial charge in [0.25, 0.3) is 6.71 Å². The number of fused-ring (bicyclic) bond motifs is 4. The second-order valence-corrected chi connectivity index (χ2v) is 25.8. The molecule has 3 heterocycles. The third-order valence-electron chi connectivity index (χ3n) is 15.7. The zero-order valence-electron chi connectivity index (χ0n) is 40.7. The van der Waals surface area contributed by atoms with Crippen LogP contribution in [-0.2, 0) is 32.5 Å². The first-order valence-corrected chi connectivity index (χ1v) is 24.0. The molecule has 5 aromatic rings. The molecule has 6 aliphatic rings. The largest absolute Gasteiger partial charge is 0.424 e. The quantitative estimate of drug-likeness (QED) is 0.166. The molecule has 0 N–H and O–H groups in total. The van der Waals surface area contributed by atoms with Crippen LogP contribution < -0.4 is 26.3 Å². The van der Waals surface area contributed by atoms with Gasteiger partial charge in [0.2, 0.25) is 11.8 Å². The van der Waals surface area contributed by atoms with Gasteiger partial charge in [-0.1, -0.05) is 134 Å². The molecule has 11 rings (SSSR count). The summed E-state index contributed by atoms with van der Waals surface area (Å²) < 4.78 is 7.30. The average Bonchev–Trinajstić information content (AvgIpc) is 3.61. The molecule has 4 fully saturated rings. The Morgan fingerprint density at radius 3 is 1.52 bits per heavy atom. The van der Waals surface area contributed by atoms with Crippen LogP contribution in [0.2, 0.25) is 0 Å². The molecular formula is C57H72BN3O. The van der Waals surface area contributed by atoms with E-state index in [1.54, 1.807) is 0 Å². The second kappa shape index (κ2) is 13.4. The fourth-order valence-corrected chi connectivity index (χ4v) is 12.4. The summed E-state index contributed by atoms with van der Waals surface area (Å²) in [7, 11) is 0. The van der Waals surface area contributed by atoms with Crippen molar-refractivity contribution in [3.63, 3.8) is 0 Å². The van der Waals surface area contributed by atoms with Crippen molar-refractivity contribution < 1.29 is 4.42 Å². The van der Waals surface area contributed by atoms with Crippen LogP contribution in [0.15, 0.2) is 77.2 Å². The highest BCUT2D eigenvalue weighted by molar-refractivity contribution is 6.99. The predicted molar refractivity (Wildman–Crippen MR) is 264 cm³/mol. The standard InChI is InChI=1S/C57H72BN3O/c1-52(2,3)37-16-19-42(20-17-37)60-45-21-18-38(53(4,5)6)28-44(45)58-48-46(60)29-41(57-31-34-22-35(32-57)24-36(23-34)33-57)30-47(48)61(50-49(58)59-51(62-50)56(13,14)15)43-26-39(54(7,8)9)25-40(27-43)55(10,11)12/h16-21,25-30,34-36H,22-24,31-33H2,1-15H3. The Hall–Kier alpha value is -4.25. The smallest absolute Gasteiger partial charge is 0.279 e. The first kappa shape index (κ1) is 41.7. The van der Waals surface area contributed by atoms with Gasteiger partial charge in [-0.3, -0.25) is 4.90 Å². The van der Waals surface area contributed by atoms with Crippen LogP contribution >= 0.6 is 0 Å². The Labute approximate surface area is 374 Å². The molecule has 4 aromatic carbocycles. The van der Waals surface area contributed by atoms with Gasteiger partial charge in [-0.05, 0) is 165 Å². The van der Waals surface area contributed by atoms with Crippen molar-refractivity contribution in [3.8, 4) is 0 Å². The summed E-state index contributed by atoms with van der Waals surface area (Å²) in [5.74, 6) is 4.18. The summed E-state index contributed by atoms with van der Waals surface area (Å²) in [6.45, 7) is 34.7. The van der Waals surface area contributed by atoms with Crippen LogP contribution in [0.1, 0.15) is 176 Å². The summed E-state index contributed by atoms with van der Waals surface area (Å²) in [6.07, 6.45) is 8.19. The summed E-state index contributed by atoms with van der Waals surface area (Å²) in [6, 6.07) is 29.5. The molecule has 0 radical (unpaired) electrons. The van der Waals surface area contributed by atoms with Gasteiger partial charge >= 0.3 is 0 Å². The third-order valence-corrected chi connectivity index (χ3v) is 15.7. The molecule has 2 aliphatic heterocycles. The van der Waals surface area contributed by atoms with E-state index in [4.69, 9.17) is 9.40 Å². The zero-order chi connectivity index (χ0) is 44.3. The zero-order valence-corrected chi connectivity index (χ0v) is 40.7. The summed E-state index contributed by atoms with van der Waals surface area (Å²) in [5, 5.41) is 0. The lowest BCUT2D eigenvalue weighted by Crippen LogP contribution is -2.62. The van der Waals surface area contributed by atoms with Crippen molar-refractivity contribution in [2.75, 3.05) is 9.80 Å². The predicted octanol–water partition coefficient (Wildman–Crippen LogP) is 13.7. The number of hydrogen-bond acceptors (Lipinski definition) is 4. The monoisotopic (exact) mass is 826 g/mol. The van der Waals surface area contributed by atoms with Crippen molar-refractivity contribution in [1.29, 1.82) is 0 Å². The SMILES string of the molecule is CC(C)(C)c1ccc(N2c3ccc(C(C)(C)C)cc3B3c4nc(C(C)(C)C)oc4N(c4cc(C(C)(C)C)cc(C(C)(C)C)c4)c4cc(C56CC7CC(CC(C7)C5)C6)cc2c43)cc1. The molecule has 62 heavy (non-hydrogen) atoms. The van der Waals surface area contributed by atoms with Crippen LogP contribution in [0, 0.1) is 17.8 Å². The minimum absolute atomic E-state index is 0.0274. The normalized spacial score (nSPS) is 23.1. The van der Waals surface area contributed by atoms with E-state index in [2.05, 4.69) is 186 Å². The molecule has 0 atom stereocenters. The van der Waals surface area contributed by atoms with E-state index < -0.39 is 0 Å². The molecule has 4 nitrogen and oxygen atoms in total. The van der Waals surface area contributed by atoms with Crippen molar-refractivity contribution in [1.82, 2.24) is 4.98 Å². The van der Waals surface area contributed by atoms with Gasteiger partial charge in [0.1, 0.15) is 0 Å². The molecule has 4 bridgehead atoms. The molecule has 1 aromatic heterocycles. The van der Waals surface area contributed by atoms with E-state index in [1.807, 2.05) is 0 Å². The summed E-state index contributed by atoms with van der Waals surface area (Å²) in [5.41, 5.74) is 16.6. The van der Waals surface area contributed by atoms with Gasteiger partial charge < -0.3 is 9.32 Å². The fraction of sp³-hybridized carbons (Fsp3) is 0.526. The number of anilines is 6. The molecule has 0 amide bonds. The van der Waals surface area contributed by atoms with Crippen LogP contribution in [0.5, 0.6) is 0 Å². The maximum Gasteiger partial charge on any atom is 0.279 e. The highest BCUT2D eigenvalue weighted by atomic mass is 16.4. The number of nitrogens with zero attached hydrogens (tertiary/aromatic N) is 3. The lowest BCUT2D eigenvalue weighted by atomic mass is 9.35. The Bertz CT molecular complexity index is 2530. The Morgan fingerprint density at radius 1 is 0.516 bits per heavy atom. The minimum atomic E-state index is -0.280. The lowest BCUT2D eigenvalue weighted by Gasteiger charge is -2.57. The first-order valence-electron chi connectivity index (χ1n) is 24.0. The summed E-state index contributed by atoms with van der Waals surface area (Å²) >= 11 is 0. The van der Waals surface area contributed by atoms with Crippen LogP contribution in [-0.4, -0.2) is 11.7 Å². The van der Waals surface area contributed by atoms with Crippen molar-refractivity contribution in [2.45, 2.75) is 175 Å². The summed E-state index contributed by atoms with van der Waals surface area (Å²) in [4.78, 5) is 10.8. The van der Waals surface area contributed by atoms with Crippen LogP contribution in [0.4, 0.5) is 34.3 Å². The van der Waals surface area contributed by atoms with E-state index in [0.717, 1.165) is 35.1 Å². The topological polar surface area (TPSA) is 32.5 Å².